The standard InChI is InChI=1S/C15H14BrClFN/c1-9-2-4-12(18)6-10(9)7-15(19)13-5-3-11(17)8-14(13)16/h2-6,8,15H,7,19H2,1H3. The highest BCUT2D eigenvalue weighted by molar-refractivity contribution is 9.10. The molecule has 2 aromatic rings. The average molecular weight is 343 g/mol. The minimum absolute atomic E-state index is 0.202. The molecule has 0 fully saturated rings. The molecule has 19 heavy (non-hydrogen) atoms. The van der Waals surface area contributed by atoms with E-state index in [9.17, 15) is 4.39 Å². The Hall–Kier alpha value is -0.900. The molecule has 2 aromatic carbocycles. The van der Waals surface area contributed by atoms with Crippen LogP contribution in [0.15, 0.2) is 40.9 Å². The summed E-state index contributed by atoms with van der Waals surface area (Å²) in [5.41, 5.74) is 9.14. The summed E-state index contributed by atoms with van der Waals surface area (Å²) in [5.74, 6) is -0.233. The molecule has 2 N–H and O–H groups in total. The lowest BCUT2D eigenvalue weighted by atomic mass is 9.97. The fourth-order valence-electron chi connectivity index (χ4n) is 2.01. The lowest BCUT2D eigenvalue weighted by Crippen LogP contribution is -2.14. The van der Waals surface area contributed by atoms with Crippen LogP contribution in [0.25, 0.3) is 0 Å². The molecule has 0 amide bonds. The summed E-state index contributed by atoms with van der Waals surface area (Å²) in [5, 5.41) is 0.657. The van der Waals surface area contributed by atoms with E-state index in [1.165, 1.54) is 6.07 Å². The van der Waals surface area contributed by atoms with E-state index in [0.717, 1.165) is 21.2 Å². The SMILES string of the molecule is Cc1ccc(F)cc1CC(N)c1ccc(Cl)cc1Br. The molecule has 0 saturated carbocycles. The lowest BCUT2D eigenvalue weighted by molar-refractivity contribution is 0.621. The Balaban J connectivity index is 2.25. The first kappa shape index (κ1) is 14.5. The summed E-state index contributed by atoms with van der Waals surface area (Å²) >= 11 is 9.36. The van der Waals surface area contributed by atoms with Gasteiger partial charge in [-0.3, -0.25) is 0 Å². The van der Waals surface area contributed by atoms with Gasteiger partial charge < -0.3 is 5.73 Å². The van der Waals surface area contributed by atoms with E-state index in [1.807, 2.05) is 19.1 Å². The molecule has 0 saturated heterocycles. The maximum atomic E-state index is 13.3. The second-order valence-corrected chi connectivity index (χ2v) is 5.84. The fraction of sp³-hybridized carbons (Fsp3) is 0.200. The largest absolute Gasteiger partial charge is 0.324 e. The molecule has 1 nitrogen and oxygen atoms in total. The first-order valence-electron chi connectivity index (χ1n) is 5.93. The van der Waals surface area contributed by atoms with Crippen molar-refractivity contribution >= 4 is 27.5 Å². The summed E-state index contributed by atoms with van der Waals surface area (Å²) in [6.07, 6.45) is 0.587. The third-order valence-electron chi connectivity index (χ3n) is 3.11. The molecule has 0 aliphatic carbocycles. The molecule has 1 unspecified atom stereocenters. The average Bonchev–Trinajstić information content (AvgIpc) is 2.33. The van der Waals surface area contributed by atoms with Crippen LogP contribution in [0, 0.1) is 12.7 Å². The van der Waals surface area contributed by atoms with Crippen LogP contribution in [0.1, 0.15) is 22.7 Å². The zero-order valence-electron chi connectivity index (χ0n) is 10.5. The Morgan fingerprint density at radius 3 is 2.68 bits per heavy atom. The topological polar surface area (TPSA) is 26.0 Å². The van der Waals surface area contributed by atoms with Crippen molar-refractivity contribution in [1.82, 2.24) is 0 Å². The summed E-state index contributed by atoms with van der Waals surface area (Å²) in [6, 6.07) is 10.1. The predicted octanol–water partition coefficient (Wildman–Crippen LogP) is 4.79. The number of nitrogens with two attached hydrogens (primary N) is 1. The first-order chi connectivity index (χ1) is 8.97. The minimum atomic E-state index is -0.233. The maximum absolute atomic E-state index is 13.3. The molecule has 0 bridgehead atoms. The van der Waals surface area contributed by atoms with Gasteiger partial charge in [0.2, 0.25) is 0 Å². The predicted molar refractivity (Wildman–Crippen MR) is 80.9 cm³/mol. The molecule has 0 aliphatic heterocycles. The van der Waals surface area contributed by atoms with Crippen LogP contribution in [-0.4, -0.2) is 0 Å². The molecule has 0 spiro atoms. The fourth-order valence-corrected chi connectivity index (χ4v) is 2.99. The van der Waals surface area contributed by atoms with Crippen molar-refractivity contribution in [3.8, 4) is 0 Å². The van der Waals surface area contributed by atoms with Gasteiger partial charge in [0.1, 0.15) is 5.82 Å². The Labute approximate surface area is 125 Å². The van der Waals surface area contributed by atoms with Crippen LogP contribution in [0.2, 0.25) is 5.02 Å². The second-order valence-electron chi connectivity index (χ2n) is 4.55. The van der Waals surface area contributed by atoms with Crippen LogP contribution in [0.4, 0.5) is 4.39 Å². The quantitative estimate of drug-likeness (QED) is 0.852. The zero-order chi connectivity index (χ0) is 14.0. The van der Waals surface area contributed by atoms with E-state index in [0.29, 0.717) is 11.4 Å². The smallest absolute Gasteiger partial charge is 0.123 e. The molecule has 100 valence electrons. The van der Waals surface area contributed by atoms with Crippen molar-refractivity contribution in [3.05, 3.63) is 68.4 Å². The van der Waals surface area contributed by atoms with Crippen LogP contribution in [-0.2, 0) is 6.42 Å². The highest BCUT2D eigenvalue weighted by Gasteiger charge is 2.12. The first-order valence-corrected chi connectivity index (χ1v) is 7.10. The third kappa shape index (κ3) is 3.56. The third-order valence-corrected chi connectivity index (χ3v) is 4.03. The molecule has 1 atom stereocenters. The van der Waals surface area contributed by atoms with Crippen LogP contribution in [0.5, 0.6) is 0 Å². The van der Waals surface area contributed by atoms with Crippen LogP contribution in [0.3, 0.4) is 0 Å². The van der Waals surface area contributed by atoms with Gasteiger partial charge in [-0.25, -0.2) is 4.39 Å². The van der Waals surface area contributed by atoms with Crippen LogP contribution >= 0.6 is 27.5 Å². The molecular weight excluding hydrogens is 329 g/mol. The number of halogens is 3. The van der Waals surface area contributed by atoms with Gasteiger partial charge in [0, 0.05) is 15.5 Å². The number of aryl methyl sites for hydroxylation is 1. The van der Waals surface area contributed by atoms with Gasteiger partial charge in [0.25, 0.3) is 0 Å². The summed E-state index contributed by atoms with van der Waals surface area (Å²) in [4.78, 5) is 0. The number of hydrogen-bond acceptors (Lipinski definition) is 1. The van der Waals surface area contributed by atoms with E-state index in [-0.39, 0.29) is 11.9 Å². The summed E-state index contributed by atoms with van der Waals surface area (Å²) in [6.45, 7) is 1.96. The van der Waals surface area contributed by atoms with Crippen molar-refractivity contribution < 1.29 is 4.39 Å². The Bertz CT molecular complexity index is 601. The van der Waals surface area contributed by atoms with Crippen molar-refractivity contribution in [2.75, 3.05) is 0 Å². The lowest BCUT2D eigenvalue weighted by Gasteiger charge is -2.16. The minimum Gasteiger partial charge on any atom is -0.324 e. The molecular formula is C15H14BrClFN. The maximum Gasteiger partial charge on any atom is 0.123 e. The van der Waals surface area contributed by atoms with Gasteiger partial charge in [-0.2, -0.15) is 0 Å². The molecule has 0 aromatic heterocycles. The normalized spacial score (nSPS) is 12.5. The molecule has 0 radical (unpaired) electrons. The molecule has 0 aliphatic rings. The number of benzene rings is 2. The highest BCUT2D eigenvalue weighted by atomic mass is 79.9. The summed E-state index contributed by atoms with van der Waals surface area (Å²) in [7, 11) is 0. The number of hydrogen-bond donors (Lipinski definition) is 1. The van der Waals surface area contributed by atoms with E-state index >= 15 is 0 Å². The monoisotopic (exact) mass is 341 g/mol. The van der Waals surface area contributed by atoms with Crippen LogP contribution < -0.4 is 5.73 Å². The van der Waals surface area contributed by atoms with Crippen molar-refractivity contribution in [2.45, 2.75) is 19.4 Å². The van der Waals surface area contributed by atoms with E-state index in [4.69, 9.17) is 17.3 Å². The van der Waals surface area contributed by atoms with Gasteiger partial charge in [0.05, 0.1) is 0 Å². The van der Waals surface area contributed by atoms with Crippen molar-refractivity contribution in [3.63, 3.8) is 0 Å². The Morgan fingerprint density at radius 2 is 2.00 bits per heavy atom. The Morgan fingerprint density at radius 1 is 1.26 bits per heavy atom. The van der Waals surface area contributed by atoms with Gasteiger partial charge in [-0.1, -0.05) is 39.7 Å². The molecule has 0 heterocycles. The second kappa shape index (κ2) is 6.04. The molecule has 2 rings (SSSR count). The zero-order valence-corrected chi connectivity index (χ0v) is 12.8. The number of rotatable bonds is 3. The highest BCUT2D eigenvalue weighted by Crippen LogP contribution is 2.28. The van der Waals surface area contributed by atoms with Gasteiger partial charge in [0.15, 0.2) is 0 Å². The van der Waals surface area contributed by atoms with Gasteiger partial charge in [-0.15, -0.1) is 0 Å². The van der Waals surface area contributed by atoms with E-state index in [1.54, 1.807) is 18.2 Å². The van der Waals surface area contributed by atoms with Crippen molar-refractivity contribution in [1.29, 1.82) is 0 Å². The van der Waals surface area contributed by atoms with Gasteiger partial charge in [-0.05, 0) is 54.3 Å². The van der Waals surface area contributed by atoms with E-state index in [2.05, 4.69) is 15.9 Å². The van der Waals surface area contributed by atoms with Gasteiger partial charge >= 0.3 is 0 Å². The summed E-state index contributed by atoms with van der Waals surface area (Å²) < 4.78 is 14.1. The van der Waals surface area contributed by atoms with Crippen molar-refractivity contribution in [2.24, 2.45) is 5.73 Å². The van der Waals surface area contributed by atoms with E-state index < -0.39 is 0 Å². The Kier molecular flexibility index (Phi) is 4.61. The molecule has 4 heteroatoms.